The van der Waals surface area contributed by atoms with Crippen LogP contribution in [0.25, 0.3) is 0 Å². The molecule has 1 aliphatic heterocycles. The van der Waals surface area contributed by atoms with Gasteiger partial charge in [0.1, 0.15) is 5.76 Å². The lowest BCUT2D eigenvalue weighted by Gasteiger charge is -2.20. The van der Waals surface area contributed by atoms with Gasteiger partial charge in [0.05, 0.1) is 24.7 Å². The zero-order valence-corrected chi connectivity index (χ0v) is 11.6. The Kier molecular flexibility index (Phi) is 3.71. The van der Waals surface area contributed by atoms with Crippen LogP contribution >= 0.6 is 0 Å². The molecule has 2 unspecified atom stereocenters. The van der Waals surface area contributed by atoms with Crippen molar-refractivity contribution in [1.29, 1.82) is 0 Å². The molecule has 104 valence electrons. The number of oxazole rings is 1. The Labute approximate surface area is 112 Å². The summed E-state index contributed by atoms with van der Waals surface area (Å²) in [6.45, 7) is 7.34. The first-order valence-corrected chi connectivity index (χ1v) is 6.44. The second-order valence-corrected chi connectivity index (χ2v) is 5.15. The summed E-state index contributed by atoms with van der Waals surface area (Å²) in [5.41, 5.74) is 0. The standard InChI is InChI=1S/C13H19N3O3/c1-7(2)16-11(17)5-10(13(16)18)15-9(4)12-14-6-8(3)19-12/h6-7,9-10,15H,5H2,1-4H3. The van der Waals surface area contributed by atoms with Gasteiger partial charge in [0.15, 0.2) is 0 Å². The van der Waals surface area contributed by atoms with Gasteiger partial charge in [0, 0.05) is 6.04 Å². The van der Waals surface area contributed by atoms with E-state index in [0.29, 0.717) is 5.89 Å². The van der Waals surface area contributed by atoms with E-state index in [9.17, 15) is 9.59 Å². The van der Waals surface area contributed by atoms with Crippen molar-refractivity contribution in [3.8, 4) is 0 Å². The quantitative estimate of drug-likeness (QED) is 0.827. The monoisotopic (exact) mass is 265 g/mol. The molecule has 2 heterocycles. The molecule has 0 spiro atoms. The first-order valence-electron chi connectivity index (χ1n) is 6.44. The topological polar surface area (TPSA) is 75.4 Å². The highest BCUT2D eigenvalue weighted by atomic mass is 16.4. The predicted molar refractivity (Wildman–Crippen MR) is 68.2 cm³/mol. The molecule has 19 heavy (non-hydrogen) atoms. The van der Waals surface area contributed by atoms with Gasteiger partial charge in [0.25, 0.3) is 0 Å². The zero-order valence-electron chi connectivity index (χ0n) is 11.6. The van der Waals surface area contributed by atoms with Crippen LogP contribution < -0.4 is 5.32 Å². The first-order chi connectivity index (χ1) is 8.90. The SMILES string of the molecule is Cc1cnc(C(C)NC2CC(=O)N(C(C)C)C2=O)o1. The summed E-state index contributed by atoms with van der Waals surface area (Å²) in [6, 6.07) is -0.800. The second kappa shape index (κ2) is 5.13. The molecule has 6 heteroatoms. The van der Waals surface area contributed by atoms with Gasteiger partial charge in [-0.05, 0) is 27.7 Å². The third-order valence-electron chi connectivity index (χ3n) is 3.16. The van der Waals surface area contributed by atoms with Gasteiger partial charge < -0.3 is 4.42 Å². The van der Waals surface area contributed by atoms with Crippen LogP contribution in [-0.2, 0) is 9.59 Å². The second-order valence-electron chi connectivity index (χ2n) is 5.15. The van der Waals surface area contributed by atoms with Crippen molar-refractivity contribution in [3.05, 3.63) is 17.8 Å². The number of hydrogen-bond donors (Lipinski definition) is 1. The van der Waals surface area contributed by atoms with Gasteiger partial charge >= 0.3 is 0 Å². The number of aryl methyl sites for hydroxylation is 1. The van der Waals surface area contributed by atoms with Crippen molar-refractivity contribution in [2.75, 3.05) is 0 Å². The number of nitrogens with zero attached hydrogens (tertiary/aromatic N) is 2. The van der Waals surface area contributed by atoms with E-state index in [1.807, 2.05) is 27.7 Å². The number of rotatable bonds is 4. The Bertz CT molecular complexity index is 495. The summed E-state index contributed by atoms with van der Waals surface area (Å²) in [5.74, 6) is 0.949. The van der Waals surface area contributed by atoms with Crippen LogP contribution in [0.3, 0.4) is 0 Å². The van der Waals surface area contributed by atoms with Crippen LogP contribution in [0.1, 0.15) is 44.9 Å². The highest BCUT2D eigenvalue weighted by Crippen LogP contribution is 2.20. The maximum Gasteiger partial charge on any atom is 0.247 e. The Balaban J connectivity index is 2.04. The molecule has 1 fully saturated rings. The van der Waals surface area contributed by atoms with Crippen LogP contribution in [-0.4, -0.2) is 33.8 Å². The summed E-state index contributed by atoms with van der Waals surface area (Å²) in [4.78, 5) is 29.3. The maximum atomic E-state index is 12.1. The Morgan fingerprint density at radius 2 is 2.11 bits per heavy atom. The number of imide groups is 1. The average Bonchev–Trinajstić information content (AvgIpc) is 2.84. The van der Waals surface area contributed by atoms with Gasteiger partial charge in [0.2, 0.25) is 17.7 Å². The van der Waals surface area contributed by atoms with Crippen molar-refractivity contribution in [2.24, 2.45) is 0 Å². The molecule has 1 N–H and O–H groups in total. The largest absolute Gasteiger partial charge is 0.444 e. The first kappa shape index (κ1) is 13.7. The average molecular weight is 265 g/mol. The molecule has 0 saturated carbocycles. The number of hydrogen-bond acceptors (Lipinski definition) is 5. The summed E-state index contributed by atoms with van der Waals surface area (Å²) < 4.78 is 5.41. The van der Waals surface area contributed by atoms with E-state index in [-0.39, 0.29) is 30.3 Å². The van der Waals surface area contributed by atoms with Gasteiger partial charge in [-0.3, -0.25) is 19.8 Å². The van der Waals surface area contributed by atoms with Crippen LogP contribution in [0.2, 0.25) is 0 Å². The molecule has 1 saturated heterocycles. The number of carbonyl (C=O) groups excluding carboxylic acids is 2. The molecular weight excluding hydrogens is 246 g/mol. The molecule has 2 atom stereocenters. The predicted octanol–water partition coefficient (Wildman–Crippen LogP) is 1.17. The van der Waals surface area contributed by atoms with Crippen LogP contribution in [0.15, 0.2) is 10.6 Å². The lowest BCUT2D eigenvalue weighted by molar-refractivity contribution is -0.140. The minimum Gasteiger partial charge on any atom is -0.444 e. The summed E-state index contributed by atoms with van der Waals surface area (Å²) in [7, 11) is 0. The van der Waals surface area contributed by atoms with E-state index < -0.39 is 6.04 Å². The zero-order chi connectivity index (χ0) is 14.2. The van der Waals surface area contributed by atoms with E-state index in [0.717, 1.165) is 5.76 Å². The molecule has 1 aromatic heterocycles. The fraction of sp³-hybridized carbons (Fsp3) is 0.615. The van der Waals surface area contributed by atoms with Crippen molar-refractivity contribution in [1.82, 2.24) is 15.2 Å². The number of nitrogens with one attached hydrogen (secondary N) is 1. The fourth-order valence-electron chi connectivity index (χ4n) is 2.27. The third-order valence-corrected chi connectivity index (χ3v) is 3.16. The molecule has 0 radical (unpaired) electrons. The lowest BCUT2D eigenvalue weighted by Crippen LogP contribution is -2.42. The van der Waals surface area contributed by atoms with Gasteiger partial charge in [-0.25, -0.2) is 4.98 Å². The minimum absolute atomic E-state index is 0.105. The van der Waals surface area contributed by atoms with Crippen molar-refractivity contribution in [2.45, 2.75) is 52.2 Å². The Morgan fingerprint density at radius 3 is 2.58 bits per heavy atom. The van der Waals surface area contributed by atoms with E-state index in [2.05, 4.69) is 10.3 Å². The molecule has 2 rings (SSSR count). The number of amides is 2. The normalized spacial score (nSPS) is 21.5. The summed E-state index contributed by atoms with van der Waals surface area (Å²) >= 11 is 0. The fourth-order valence-corrected chi connectivity index (χ4v) is 2.27. The molecule has 1 aliphatic rings. The highest BCUT2D eigenvalue weighted by Gasteiger charge is 2.40. The summed E-state index contributed by atoms with van der Waals surface area (Å²) in [6.07, 6.45) is 1.83. The molecular formula is C13H19N3O3. The molecule has 1 aromatic rings. The number of aromatic nitrogens is 1. The third kappa shape index (κ3) is 2.68. The van der Waals surface area contributed by atoms with Crippen molar-refractivity contribution >= 4 is 11.8 Å². The van der Waals surface area contributed by atoms with Crippen LogP contribution in [0.5, 0.6) is 0 Å². The van der Waals surface area contributed by atoms with E-state index in [4.69, 9.17) is 4.42 Å². The van der Waals surface area contributed by atoms with Crippen LogP contribution in [0.4, 0.5) is 0 Å². The molecule has 6 nitrogen and oxygen atoms in total. The molecule has 0 bridgehead atoms. The Morgan fingerprint density at radius 1 is 1.42 bits per heavy atom. The molecule has 0 aliphatic carbocycles. The molecule has 2 amide bonds. The summed E-state index contributed by atoms with van der Waals surface area (Å²) in [5, 5.41) is 3.11. The highest BCUT2D eigenvalue weighted by molar-refractivity contribution is 6.05. The number of likely N-dealkylation sites (tertiary alicyclic amines) is 1. The maximum absolute atomic E-state index is 12.1. The van der Waals surface area contributed by atoms with Gasteiger partial charge in [-0.2, -0.15) is 0 Å². The van der Waals surface area contributed by atoms with Gasteiger partial charge in [-0.15, -0.1) is 0 Å². The smallest absolute Gasteiger partial charge is 0.247 e. The Hall–Kier alpha value is -1.69. The minimum atomic E-state index is -0.489. The lowest BCUT2D eigenvalue weighted by atomic mass is 10.2. The van der Waals surface area contributed by atoms with Crippen LogP contribution in [0, 0.1) is 6.92 Å². The van der Waals surface area contributed by atoms with Crippen molar-refractivity contribution in [3.63, 3.8) is 0 Å². The van der Waals surface area contributed by atoms with E-state index >= 15 is 0 Å². The van der Waals surface area contributed by atoms with Gasteiger partial charge in [-0.1, -0.05) is 0 Å². The van der Waals surface area contributed by atoms with E-state index in [1.165, 1.54) is 4.90 Å². The number of carbonyl (C=O) groups is 2. The molecule has 0 aromatic carbocycles. The van der Waals surface area contributed by atoms with Crippen molar-refractivity contribution < 1.29 is 14.0 Å². The van der Waals surface area contributed by atoms with E-state index in [1.54, 1.807) is 6.20 Å².